The highest BCUT2D eigenvalue weighted by Crippen LogP contribution is 2.32. The van der Waals surface area contributed by atoms with Crippen LogP contribution in [0, 0.1) is 11.8 Å². The van der Waals surface area contributed by atoms with E-state index in [1.807, 2.05) is 0 Å². The topological polar surface area (TPSA) is 117 Å². The van der Waals surface area contributed by atoms with E-state index in [9.17, 15) is 13.2 Å². The Labute approximate surface area is 173 Å². The summed E-state index contributed by atoms with van der Waals surface area (Å²) in [6.45, 7) is 2.59. The number of sulfonamides is 1. The Morgan fingerprint density at radius 2 is 1.90 bits per heavy atom. The molecule has 2 fully saturated rings. The van der Waals surface area contributed by atoms with Crippen molar-refractivity contribution in [2.75, 3.05) is 26.3 Å². The average molecular weight is 427 g/mol. The molecule has 2 N–H and O–H groups in total. The molecule has 2 atom stereocenters. The molecule has 4 heterocycles. The van der Waals surface area contributed by atoms with Gasteiger partial charge in [0.25, 0.3) is 5.91 Å². The number of carbonyl (C=O) groups is 1. The van der Waals surface area contributed by atoms with Crippen molar-refractivity contribution in [3.63, 3.8) is 0 Å². The van der Waals surface area contributed by atoms with E-state index in [2.05, 4.69) is 20.5 Å². The lowest BCUT2D eigenvalue weighted by Crippen LogP contribution is -2.30. The van der Waals surface area contributed by atoms with E-state index < -0.39 is 10.0 Å². The fourth-order valence-corrected chi connectivity index (χ4v) is 5.57. The lowest BCUT2D eigenvalue weighted by atomic mass is 10.0. The molecule has 9 nitrogen and oxygen atoms in total. The van der Waals surface area contributed by atoms with Crippen LogP contribution in [0.5, 0.6) is 0 Å². The Balaban J connectivity index is 1.23. The zero-order valence-electron chi connectivity index (χ0n) is 16.1. The van der Waals surface area contributed by atoms with E-state index in [0.717, 1.165) is 10.9 Å². The largest absolute Gasteiger partial charge is 0.381 e. The van der Waals surface area contributed by atoms with E-state index in [-0.39, 0.29) is 17.3 Å². The summed E-state index contributed by atoms with van der Waals surface area (Å²) in [6, 6.07) is 8.36. The summed E-state index contributed by atoms with van der Waals surface area (Å²) < 4.78 is 32.8. The van der Waals surface area contributed by atoms with Gasteiger partial charge in [0.05, 0.1) is 29.9 Å². The summed E-state index contributed by atoms with van der Waals surface area (Å²) in [5.74, 6) is 0.336. The molecule has 1 aromatic carbocycles. The molecule has 0 spiro atoms. The van der Waals surface area contributed by atoms with E-state index in [0.29, 0.717) is 49.3 Å². The van der Waals surface area contributed by atoms with Gasteiger partial charge in [0, 0.05) is 43.1 Å². The highest BCUT2D eigenvalue weighted by atomic mass is 32.2. The van der Waals surface area contributed by atoms with Gasteiger partial charge in [-0.2, -0.15) is 9.40 Å². The third-order valence-corrected chi connectivity index (χ3v) is 7.62. The molecule has 2 unspecified atom stereocenters. The lowest BCUT2D eigenvalue weighted by Gasteiger charge is -2.17. The molecular weight excluding hydrogens is 406 g/mol. The van der Waals surface area contributed by atoms with Gasteiger partial charge >= 0.3 is 0 Å². The van der Waals surface area contributed by atoms with Crippen LogP contribution in [0.15, 0.2) is 47.6 Å². The standard InChI is InChI=1S/C20H21N5O4S/c26-20(15-5-14-8-23-24-19(14)21-7-15)22-6-13-1-3-18(4-2-13)30(27,28)25-9-16-11-29-12-17(16)10-25/h1-5,7-8,16-17H,6,9-12H2,(H,22,26)(H,21,23,24). The summed E-state index contributed by atoms with van der Waals surface area (Å²) in [5, 5.41) is 10.2. The quantitative estimate of drug-likeness (QED) is 0.631. The van der Waals surface area contributed by atoms with Gasteiger partial charge < -0.3 is 10.1 Å². The Morgan fingerprint density at radius 3 is 2.63 bits per heavy atom. The number of aromatic nitrogens is 3. The second kappa shape index (κ2) is 7.46. The third-order valence-electron chi connectivity index (χ3n) is 5.77. The lowest BCUT2D eigenvalue weighted by molar-refractivity contribution is 0.0950. The number of nitrogens with zero attached hydrogens (tertiary/aromatic N) is 3. The van der Waals surface area contributed by atoms with Crippen molar-refractivity contribution in [1.29, 1.82) is 0 Å². The van der Waals surface area contributed by atoms with Crippen molar-refractivity contribution < 1.29 is 17.9 Å². The number of pyridine rings is 1. The van der Waals surface area contributed by atoms with E-state index in [1.165, 1.54) is 6.20 Å². The summed E-state index contributed by atoms with van der Waals surface area (Å²) in [5.41, 5.74) is 1.87. The van der Waals surface area contributed by atoms with Crippen molar-refractivity contribution in [3.8, 4) is 0 Å². The molecule has 156 valence electrons. The smallest absolute Gasteiger partial charge is 0.253 e. The number of hydrogen-bond acceptors (Lipinski definition) is 6. The van der Waals surface area contributed by atoms with Crippen molar-refractivity contribution in [1.82, 2.24) is 24.8 Å². The third kappa shape index (κ3) is 3.47. The second-order valence-electron chi connectivity index (χ2n) is 7.74. The molecular formula is C20H21N5O4S. The summed E-state index contributed by atoms with van der Waals surface area (Å²) in [6.07, 6.45) is 3.10. The summed E-state index contributed by atoms with van der Waals surface area (Å²) in [4.78, 5) is 16.8. The minimum absolute atomic E-state index is 0.256. The molecule has 5 rings (SSSR count). The molecule has 2 aliphatic heterocycles. The van der Waals surface area contributed by atoms with E-state index in [4.69, 9.17) is 4.74 Å². The normalized spacial score (nSPS) is 21.7. The molecule has 3 aromatic rings. The number of rotatable bonds is 5. The van der Waals surface area contributed by atoms with Crippen LogP contribution in [-0.4, -0.2) is 60.1 Å². The van der Waals surface area contributed by atoms with Crippen LogP contribution in [0.3, 0.4) is 0 Å². The minimum Gasteiger partial charge on any atom is -0.381 e. The predicted octanol–water partition coefficient (Wildman–Crippen LogP) is 1.15. The van der Waals surface area contributed by atoms with Crippen LogP contribution < -0.4 is 5.32 Å². The van der Waals surface area contributed by atoms with Crippen LogP contribution in [0.25, 0.3) is 11.0 Å². The van der Waals surface area contributed by atoms with Crippen molar-refractivity contribution in [2.45, 2.75) is 11.4 Å². The number of H-pyrrole nitrogens is 1. The fourth-order valence-electron chi connectivity index (χ4n) is 4.01. The Kier molecular flexibility index (Phi) is 4.76. The SMILES string of the molecule is O=C(NCc1ccc(S(=O)(=O)N2CC3COCC3C2)cc1)c1cnc2[nH]ncc2c1. The molecule has 0 aliphatic carbocycles. The van der Waals surface area contributed by atoms with Crippen LogP contribution >= 0.6 is 0 Å². The van der Waals surface area contributed by atoms with Gasteiger partial charge in [-0.3, -0.25) is 9.89 Å². The van der Waals surface area contributed by atoms with Crippen molar-refractivity contribution >= 4 is 27.0 Å². The summed E-state index contributed by atoms with van der Waals surface area (Å²) >= 11 is 0. The number of hydrogen-bond donors (Lipinski definition) is 2. The zero-order valence-corrected chi connectivity index (χ0v) is 16.9. The number of ether oxygens (including phenoxy) is 1. The van der Waals surface area contributed by atoms with Gasteiger partial charge in [0.1, 0.15) is 0 Å². The number of carbonyl (C=O) groups excluding carboxylic acids is 1. The minimum atomic E-state index is -3.51. The number of nitrogens with one attached hydrogen (secondary N) is 2. The van der Waals surface area contributed by atoms with Gasteiger partial charge in [-0.25, -0.2) is 13.4 Å². The van der Waals surface area contributed by atoms with E-state index >= 15 is 0 Å². The van der Waals surface area contributed by atoms with Crippen LogP contribution in [-0.2, 0) is 21.3 Å². The number of amides is 1. The Hall–Kier alpha value is -2.82. The first-order valence-corrected chi connectivity index (χ1v) is 11.2. The van der Waals surface area contributed by atoms with Gasteiger partial charge in [0.15, 0.2) is 5.65 Å². The maximum absolute atomic E-state index is 12.9. The van der Waals surface area contributed by atoms with Gasteiger partial charge in [0.2, 0.25) is 10.0 Å². The molecule has 2 aromatic heterocycles. The molecule has 2 aliphatic rings. The molecule has 10 heteroatoms. The predicted molar refractivity (Wildman–Crippen MR) is 108 cm³/mol. The van der Waals surface area contributed by atoms with Crippen molar-refractivity contribution in [3.05, 3.63) is 53.9 Å². The average Bonchev–Trinajstić information content (AvgIpc) is 3.47. The van der Waals surface area contributed by atoms with Gasteiger partial charge in [-0.15, -0.1) is 0 Å². The zero-order chi connectivity index (χ0) is 20.7. The molecule has 0 saturated carbocycles. The van der Waals surface area contributed by atoms with Crippen LogP contribution in [0.2, 0.25) is 0 Å². The first kappa shape index (κ1) is 19.2. The fraction of sp³-hybridized carbons (Fsp3) is 0.350. The first-order valence-electron chi connectivity index (χ1n) is 9.75. The highest BCUT2D eigenvalue weighted by Gasteiger charge is 2.42. The number of fused-ring (bicyclic) bond motifs is 2. The maximum atomic E-state index is 12.9. The second-order valence-corrected chi connectivity index (χ2v) is 9.68. The number of aromatic amines is 1. The monoisotopic (exact) mass is 427 g/mol. The highest BCUT2D eigenvalue weighted by molar-refractivity contribution is 7.89. The number of benzene rings is 1. The summed E-state index contributed by atoms with van der Waals surface area (Å²) in [7, 11) is -3.51. The maximum Gasteiger partial charge on any atom is 0.253 e. The van der Waals surface area contributed by atoms with Gasteiger partial charge in [-0.05, 0) is 23.8 Å². The molecule has 30 heavy (non-hydrogen) atoms. The van der Waals surface area contributed by atoms with Gasteiger partial charge in [-0.1, -0.05) is 12.1 Å². The molecule has 0 bridgehead atoms. The molecule has 1 amide bonds. The molecule has 2 saturated heterocycles. The first-order chi connectivity index (χ1) is 14.5. The Bertz CT molecular complexity index is 1180. The van der Waals surface area contributed by atoms with E-state index in [1.54, 1.807) is 40.8 Å². The Morgan fingerprint density at radius 1 is 1.17 bits per heavy atom. The molecule has 0 radical (unpaired) electrons. The van der Waals surface area contributed by atoms with Crippen molar-refractivity contribution in [2.24, 2.45) is 11.8 Å². The van der Waals surface area contributed by atoms with Crippen LogP contribution in [0.4, 0.5) is 0 Å². The van der Waals surface area contributed by atoms with Crippen LogP contribution in [0.1, 0.15) is 15.9 Å².